The first kappa shape index (κ1) is 7.53. The highest BCUT2D eigenvalue weighted by Gasteiger charge is 2.22. The van der Waals surface area contributed by atoms with E-state index in [1.807, 2.05) is 17.8 Å². The van der Waals surface area contributed by atoms with Gasteiger partial charge >= 0.3 is 0 Å². The van der Waals surface area contributed by atoms with Crippen molar-refractivity contribution >= 4 is 6.29 Å². The summed E-state index contributed by atoms with van der Waals surface area (Å²) in [7, 11) is 1.90. The lowest BCUT2D eigenvalue weighted by Gasteiger charge is -2.24. The minimum Gasteiger partial charge on any atom is -0.296 e. The molecule has 64 valence electrons. The van der Waals surface area contributed by atoms with Crippen LogP contribution in [0.4, 0.5) is 0 Å². The van der Waals surface area contributed by atoms with Crippen molar-refractivity contribution in [3.8, 4) is 0 Å². The third kappa shape index (κ3) is 1.05. The van der Waals surface area contributed by atoms with Gasteiger partial charge in [-0.05, 0) is 18.9 Å². The summed E-state index contributed by atoms with van der Waals surface area (Å²) in [6.45, 7) is 0. The van der Waals surface area contributed by atoms with E-state index in [1.54, 1.807) is 0 Å². The van der Waals surface area contributed by atoms with Crippen molar-refractivity contribution in [2.75, 3.05) is 0 Å². The molecule has 1 aromatic rings. The van der Waals surface area contributed by atoms with E-state index in [9.17, 15) is 4.79 Å². The highest BCUT2D eigenvalue weighted by atomic mass is 16.1. The second-order valence-corrected chi connectivity index (χ2v) is 3.36. The van der Waals surface area contributed by atoms with E-state index in [4.69, 9.17) is 0 Å². The maximum Gasteiger partial charge on any atom is 0.170 e. The second kappa shape index (κ2) is 2.73. The lowest BCUT2D eigenvalue weighted by atomic mass is 9.83. The Kier molecular flexibility index (Phi) is 1.71. The molecule has 1 saturated carbocycles. The molecular formula is C9H12N2O. The molecule has 1 aliphatic rings. The van der Waals surface area contributed by atoms with E-state index < -0.39 is 0 Å². The molecule has 3 nitrogen and oxygen atoms in total. The van der Waals surface area contributed by atoms with Crippen molar-refractivity contribution in [3.63, 3.8) is 0 Å². The third-order valence-electron chi connectivity index (χ3n) is 2.58. The molecular weight excluding hydrogens is 152 g/mol. The van der Waals surface area contributed by atoms with Gasteiger partial charge in [-0.1, -0.05) is 6.42 Å². The number of aryl methyl sites for hydroxylation is 1. The Morgan fingerprint density at radius 2 is 2.42 bits per heavy atom. The van der Waals surface area contributed by atoms with E-state index in [0.717, 1.165) is 6.29 Å². The summed E-state index contributed by atoms with van der Waals surface area (Å²) < 4.78 is 1.83. The Morgan fingerprint density at radius 1 is 1.67 bits per heavy atom. The predicted molar refractivity (Wildman–Crippen MR) is 45.2 cm³/mol. The van der Waals surface area contributed by atoms with Gasteiger partial charge in [0.1, 0.15) is 5.69 Å². The Bertz CT molecular complexity index is 299. The van der Waals surface area contributed by atoms with Crippen molar-refractivity contribution in [1.82, 2.24) is 9.78 Å². The summed E-state index contributed by atoms with van der Waals surface area (Å²) in [6.07, 6.45) is 4.62. The highest BCUT2D eigenvalue weighted by Crippen LogP contribution is 2.35. The average Bonchev–Trinajstić information content (AvgIpc) is 2.29. The number of nitrogens with zero attached hydrogens (tertiary/aromatic N) is 2. The second-order valence-electron chi connectivity index (χ2n) is 3.36. The van der Waals surface area contributed by atoms with E-state index in [-0.39, 0.29) is 0 Å². The topological polar surface area (TPSA) is 34.9 Å². The monoisotopic (exact) mass is 164 g/mol. The predicted octanol–water partition coefficient (Wildman–Crippen LogP) is 1.50. The Hall–Kier alpha value is -1.12. The largest absolute Gasteiger partial charge is 0.296 e. The molecule has 3 heteroatoms. The average molecular weight is 164 g/mol. The summed E-state index contributed by atoms with van der Waals surface area (Å²) in [5.41, 5.74) is 1.77. The van der Waals surface area contributed by atoms with Crippen molar-refractivity contribution in [2.45, 2.75) is 25.2 Å². The van der Waals surface area contributed by atoms with Crippen LogP contribution in [0.25, 0.3) is 0 Å². The van der Waals surface area contributed by atoms with Gasteiger partial charge in [0, 0.05) is 18.7 Å². The molecule has 1 fully saturated rings. The lowest BCUT2D eigenvalue weighted by molar-refractivity contribution is 0.111. The number of carbonyl (C=O) groups excluding carboxylic acids is 1. The molecule has 0 radical (unpaired) electrons. The quantitative estimate of drug-likeness (QED) is 0.621. The molecule has 0 aromatic carbocycles. The van der Waals surface area contributed by atoms with Crippen molar-refractivity contribution < 1.29 is 4.79 Å². The Balaban J connectivity index is 2.29. The standard InChI is InChI=1S/C9H12N2O/c1-11-9(7-3-2-4-7)5-8(6-12)10-11/h5-7H,2-4H2,1H3. The van der Waals surface area contributed by atoms with Gasteiger partial charge < -0.3 is 0 Å². The first-order valence-corrected chi connectivity index (χ1v) is 4.30. The Labute approximate surface area is 71.4 Å². The molecule has 0 aliphatic heterocycles. The van der Waals surface area contributed by atoms with Gasteiger partial charge in [-0.15, -0.1) is 0 Å². The number of rotatable bonds is 2. The Morgan fingerprint density at radius 3 is 2.83 bits per heavy atom. The molecule has 12 heavy (non-hydrogen) atoms. The molecule has 0 bridgehead atoms. The van der Waals surface area contributed by atoms with Crippen LogP contribution >= 0.6 is 0 Å². The van der Waals surface area contributed by atoms with Gasteiger partial charge in [-0.3, -0.25) is 9.48 Å². The van der Waals surface area contributed by atoms with Crippen molar-refractivity contribution in [2.24, 2.45) is 7.05 Å². The minimum absolute atomic E-state index is 0.555. The van der Waals surface area contributed by atoms with Gasteiger partial charge in [-0.25, -0.2) is 0 Å². The van der Waals surface area contributed by atoms with Crippen LogP contribution in [0, 0.1) is 0 Å². The fourth-order valence-electron chi connectivity index (χ4n) is 1.65. The smallest absolute Gasteiger partial charge is 0.170 e. The van der Waals surface area contributed by atoms with Crippen LogP contribution in [0.15, 0.2) is 6.07 Å². The minimum atomic E-state index is 0.555. The van der Waals surface area contributed by atoms with Gasteiger partial charge in [0.05, 0.1) is 0 Å². The molecule has 0 amide bonds. The maximum atomic E-state index is 10.4. The van der Waals surface area contributed by atoms with E-state index in [2.05, 4.69) is 5.10 Å². The van der Waals surface area contributed by atoms with E-state index in [1.165, 1.54) is 25.0 Å². The number of hydrogen-bond donors (Lipinski definition) is 0. The van der Waals surface area contributed by atoms with Crippen LogP contribution < -0.4 is 0 Å². The van der Waals surface area contributed by atoms with Crippen LogP contribution in [0.5, 0.6) is 0 Å². The van der Waals surface area contributed by atoms with Crippen LogP contribution in [0.3, 0.4) is 0 Å². The summed E-state index contributed by atoms with van der Waals surface area (Å²) >= 11 is 0. The highest BCUT2D eigenvalue weighted by molar-refractivity contribution is 5.71. The molecule has 1 heterocycles. The van der Waals surface area contributed by atoms with Crippen LogP contribution in [-0.4, -0.2) is 16.1 Å². The zero-order valence-electron chi connectivity index (χ0n) is 7.16. The van der Waals surface area contributed by atoms with E-state index in [0.29, 0.717) is 11.6 Å². The van der Waals surface area contributed by atoms with Crippen LogP contribution in [0.2, 0.25) is 0 Å². The number of carbonyl (C=O) groups is 1. The van der Waals surface area contributed by atoms with Gasteiger partial charge in [0.25, 0.3) is 0 Å². The van der Waals surface area contributed by atoms with Gasteiger partial charge in [0.2, 0.25) is 0 Å². The summed E-state index contributed by atoms with van der Waals surface area (Å²) in [6, 6.07) is 1.90. The van der Waals surface area contributed by atoms with Crippen molar-refractivity contribution in [1.29, 1.82) is 0 Å². The normalized spacial score (nSPS) is 17.4. The van der Waals surface area contributed by atoms with Crippen molar-refractivity contribution in [3.05, 3.63) is 17.5 Å². The fourth-order valence-corrected chi connectivity index (χ4v) is 1.65. The van der Waals surface area contributed by atoms with E-state index >= 15 is 0 Å². The molecule has 0 saturated heterocycles. The number of aromatic nitrogens is 2. The van der Waals surface area contributed by atoms with Gasteiger partial charge in [0.15, 0.2) is 6.29 Å². The van der Waals surface area contributed by atoms with Crippen LogP contribution in [0.1, 0.15) is 41.4 Å². The molecule has 1 aliphatic carbocycles. The summed E-state index contributed by atoms with van der Waals surface area (Å²) in [5.74, 6) is 0.649. The first-order valence-electron chi connectivity index (χ1n) is 4.30. The van der Waals surface area contributed by atoms with Gasteiger partial charge in [-0.2, -0.15) is 5.10 Å². The summed E-state index contributed by atoms with van der Waals surface area (Å²) in [4.78, 5) is 10.4. The summed E-state index contributed by atoms with van der Waals surface area (Å²) in [5, 5.41) is 4.08. The SMILES string of the molecule is Cn1nc(C=O)cc1C1CCC1. The maximum absolute atomic E-state index is 10.4. The molecule has 0 atom stereocenters. The fraction of sp³-hybridized carbons (Fsp3) is 0.556. The molecule has 0 N–H and O–H groups in total. The first-order chi connectivity index (χ1) is 5.81. The van der Waals surface area contributed by atoms with Crippen LogP contribution in [-0.2, 0) is 7.05 Å². The third-order valence-corrected chi connectivity index (χ3v) is 2.58. The molecule has 0 unspecified atom stereocenters. The molecule has 1 aromatic heterocycles. The number of hydrogen-bond acceptors (Lipinski definition) is 2. The number of aldehydes is 1. The molecule has 0 spiro atoms. The zero-order chi connectivity index (χ0) is 8.55. The lowest BCUT2D eigenvalue weighted by Crippen LogP contribution is -2.12. The zero-order valence-corrected chi connectivity index (χ0v) is 7.16. The molecule has 2 rings (SSSR count).